The molecule has 0 saturated carbocycles. The molecule has 1 aromatic rings. The molecule has 0 unspecified atom stereocenters. The molecule has 0 aliphatic carbocycles. The summed E-state index contributed by atoms with van der Waals surface area (Å²) in [6.07, 6.45) is 0.991. The molecule has 0 radical (unpaired) electrons. The first-order valence-electron chi connectivity index (χ1n) is 5.01. The summed E-state index contributed by atoms with van der Waals surface area (Å²) in [5, 5.41) is 9.32. The highest BCUT2D eigenvalue weighted by Crippen LogP contribution is 2.36. The van der Waals surface area contributed by atoms with Crippen LogP contribution in [0.4, 0.5) is 0 Å². The minimum atomic E-state index is -0.213. The van der Waals surface area contributed by atoms with Crippen LogP contribution in [0.15, 0.2) is 18.2 Å². The lowest BCUT2D eigenvalue weighted by Crippen LogP contribution is -2.22. The topological polar surface area (TPSA) is 29.5 Å². The van der Waals surface area contributed by atoms with E-state index >= 15 is 0 Å². The van der Waals surface area contributed by atoms with Crippen LogP contribution in [-0.4, -0.2) is 18.3 Å². The van der Waals surface area contributed by atoms with Gasteiger partial charge in [-0.1, -0.05) is 32.0 Å². The Morgan fingerprint density at radius 3 is 2.93 bits per heavy atom. The minimum absolute atomic E-state index is 0.146. The van der Waals surface area contributed by atoms with Gasteiger partial charge in [0.15, 0.2) is 0 Å². The second-order valence-electron chi connectivity index (χ2n) is 4.43. The second kappa shape index (κ2) is 3.28. The largest absolute Gasteiger partial charge is 0.493 e. The van der Waals surface area contributed by atoms with Gasteiger partial charge in [0.1, 0.15) is 5.75 Å². The highest BCUT2D eigenvalue weighted by molar-refractivity contribution is 5.47. The van der Waals surface area contributed by atoms with Gasteiger partial charge in [0, 0.05) is 17.4 Å². The fourth-order valence-electron chi connectivity index (χ4n) is 1.83. The molecule has 0 aromatic heterocycles. The Balaban J connectivity index is 2.49. The molecule has 0 bridgehead atoms. The Morgan fingerprint density at radius 1 is 1.43 bits per heavy atom. The summed E-state index contributed by atoms with van der Waals surface area (Å²) in [5.74, 6) is 0.992. The molecule has 0 saturated heterocycles. The van der Waals surface area contributed by atoms with Crippen LogP contribution in [0.3, 0.4) is 0 Å². The summed E-state index contributed by atoms with van der Waals surface area (Å²) >= 11 is 0. The van der Waals surface area contributed by atoms with Gasteiger partial charge in [0.25, 0.3) is 0 Å². The first kappa shape index (κ1) is 9.53. The van der Waals surface area contributed by atoms with Crippen LogP contribution >= 0.6 is 0 Å². The van der Waals surface area contributed by atoms with E-state index in [0.29, 0.717) is 0 Å². The molecule has 76 valence electrons. The van der Waals surface area contributed by atoms with Crippen LogP contribution in [0.1, 0.15) is 25.0 Å². The standard InChI is InChI=1S/C12H16O2/c1-12(2,8-13)10-5-3-4-9-6-7-14-11(9)10/h3-5,13H,6-8H2,1-2H3. The van der Waals surface area contributed by atoms with Crippen molar-refractivity contribution in [3.63, 3.8) is 0 Å². The van der Waals surface area contributed by atoms with Crippen molar-refractivity contribution >= 4 is 0 Å². The van der Waals surface area contributed by atoms with Crippen molar-refractivity contribution in [2.75, 3.05) is 13.2 Å². The molecule has 1 aliphatic heterocycles. The van der Waals surface area contributed by atoms with E-state index in [4.69, 9.17) is 4.74 Å². The van der Waals surface area contributed by atoms with E-state index in [1.54, 1.807) is 0 Å². The van der Waals surface area contributed by atoms with Crippen molar-refractivity contribution in [1.82, 2.24) is 0 Å². The predicted octanol–water partition coefficient (Wildman–Crippen LogP) is 1.89. The maximum atomic E-state index is 9.32. The lowest BCUT2D eigenvalue weighted by Gasteiger charge is -2.24. The first-order valence-corrected chi connectivity index (χ1v) is 5.01. The number of aliphatic hydroxyl groups excluding tert-OH is 1. The number of aliphatic hydroxyl groups is 1. The Hall–Kier alpha value is -1.02. The molecular weight excluding hydrogens is 176 g/mol. The summed E-state index contributed by atoms with van der Waals surface area (Å²) in [5.41, 5.74) is 2.18. The minimum Gasteiger partial charge on any atom is -0.493 e. The third-order valence-corrected chi connectivity index (χ3v) is 2.84. The van der Waals surface area contributed by atoms with E-state index in [-0.39, 0.29) is 12.0 Å². The van der Waals surface area contributed by atoms with Gasteiger partial charge in [-0.2, -0.15) is 0 Å². The van der Waals surface area contributed by atoms with Gasteiger partial charge < -0.3 is 9.84 Å². The van der Waals surface area contributed by atoms with Crippen molar-refractivity contribution in [3.05, 3.63) is 29.3 Å². The van der Waals surface area contributed by atoms with Crippen molar-refractivity contribution in [2.24, 2.45) is 0 Å². The Morgan fingerprint density at radius 2 is 2.21 bits per heavy atom. The van der Waals surface area contributed by atoms with Gasteiger partial charge >= 0.3 is 0 Å². The monoisotopic (exact) mass is 192 g/mol. The molecular formula is C12H16O2. The number of hydrogen-bond acceptors (Lipinski definition) is 2. The van der Waals surface area contributed by atoms with Crippen molar-refractivity contribution in [3.8, 4) is 5.75 Å². The summed E-state index contributed by atoms with van der Waals surface area (Å²) in [7, 11) is 0. The molecule has 2 nitrogen and oxygen atoms in total. The molecule has 0 fully saturated rings. The fourth-order valence-corrected chi connectivity index (χ4v) is 1.83. The Labute approximate surface area is 84.5 Å². The molecule has 1 heterocycles. The second-order valence-corrected chi connectivity index (χ2v) is 4.43. The molecule has 0 spiro atoms. The third kappa shape index (κ3) is 1.40. The smallest absolute Gasteiger partial charge is 0.126 e. The molecule has 14 heavy (non-hydrogen) atoms. The first-order chi connectivity index (χ1) is 6.65. The van der Waals surface area contributed by atoms with Crippen LogP contribution in [0, 0.1) is 0 Å². The number of rotatable bonds is 2. The summed E-state index contributed by atoms with van der Waals surface area (Å²) < 4.78 is 5.61. The van der Waals surface area contributed by atoms with Gasteiger partial charge in [0.2, 0.25) is 0 Å². The van der Waals surface area contributed by atoms with E-state index < -0.39 is 0 Å². The predicted molar refractivity (Wildman–Crippen MR) is 55.8 cm³/mol. The molecule has 0 amide bonds. The molecule has 1 aromatic carbocycles. The molecule has 1 N–H and O–H groups in total. The highest BCUT2D eigenvalue weighted by atomic mass is 16.5. The summed E-state index contributed by atoms with van der Waals surface area (Å²) in [6.45, 7) is 4.98. The lowest BCUT2D eigenvalue weighted by atomic mass is 9.84. The van der Waals surface area contributed by atoms with Crippen LogP contribution in [0.25, 0.3) is 0 Å². The SMILES string of the molecule is CC(C)(CO)c1cccc2c1OCC2. The van der Waals surface area contributed by atoms with E-state index in [0.717, 1.165) is 24.3 Å². The third-order valence-electron chi connectivity index (χ3n) is 2.84. The number of benzene rings is 1. The van der Waals surface area contributed by atoms with E-state index in [1.807, 2.05) is 26.0 Å². The molecule has 2 heteroatoms. The van der Waals surface area contributed by atoms with E-state index in [9.17, 15) is 5.11 Å². The van der Waals surface area contributed by atoms with Gasteiger partial charge in [-0.25, -0.2) is 0 Å². The van der Waals surface area contributed by atoms with Crippen molar-refractivity contribution in [1.29, 1.82) is 0 Å². The number of fused-ring (bicyclic) bond motifs is 1. The summed E-state index contributed by atoms with van der Waals surface area (Å²) in [6, 6.07) is 6.18. The maximum absolute atomic E-state index is 9.32. The molecule has 2 rings (SSSR count). The number of ether oxygens (including phenoxy) is 1. The van der Waals surface area contributed by atoms with Crippen molar-refractivity contribution in [2.45, 2.75) is 25.7 Å². The van der Waals surface area contributed by atoms with Crippen molar-refractivity contribution < 1.29 is 9.84 Å². The van der Waals surface area contributed by atoms with Crippen LogP contribution in [0.2, 0.25) is 0 Å². The number of hydrogen-bond donors (Lipinski definition) is 1. The molecule has 1 aliphatic rings. The van der Waals surface area contributed by atoms with E-state index in [2.05, 4.69) is 6.07 Å². The fraction of sp³-hybridized carbons (Fsp3) is 0.500. The average Bonchev–Trinajstić information content (AvgIpc) is 2.64. The Bertz CT molecular complexity index is 342. The normalized spacial score (nSPS) is 15.1. The number of para-hydroxylation sites is 1. The maximum Gasteiger partial charge on any atom is 0.126 e. The van der Waals surface area contributed by atoms with Gasteiger partial charge in [-0.3, -0.25) is 0 Å². The highest BCUT2D eigenvalue weighted by Gasteiger charge is 2.27. The lowest BCUT2D eigenvalue weighted by molar-refractivity contribution is 0.214. The van der Waals surface area contributed by atoms with E-state index in [1.165, 1.54) is 5.56 Å². The van der Waals surface area contributed by atoms with Crippen LogP contribution in [-0.2, 0) is 11.8 Å². The summed E-state index contributed by atoms with van der Waals surface area (Å²) in [4.78, 5) is 0. The van der Waals surface area contributed by atoms with Gasteiger partial charge in [-0.15, -0.1) is 0 Å². The van der Waals surface area contributed by atoms with Crippen LogP contribution in [0.5, 0.6) is 5.75 Å². The zero-order chi connectivity index (χ0) is 10.2. The molecule has 0 atom stereocenters. The average molecular weight is 192 g/mol. The zero-order valence-corrected chi connectivity index (χ0v) is 8.71. The quantitative estimate of drug-likeness (QED) is 0.775. The Kier molecular flexibility index (Phi) is 2.23. The van der Waals surface area contributed by atoms with Gasteiger partial charge in [0.05, 0.1) is 13.2 Å². The van der Waals surface area contributed by atoms with Crippen LogP contribution < -0.4 is 4.74 Å². The van der Waals surface area contributed by atoms with Gasteiger partial charge in [-0.05, 0) is 5.56 Å². The zero-order valence-electron chi connectivity index (χ0n) is 8.71.